The van der Waals surface area contributed by atoms with Crippen molar-refractivity contribution in [3.63, 3.8) is 0 Å². The van der Waals surface area contributed by atoms with E-state index in [1.165, 1.54) is 12.5 Å². The Balaban J connectivity index is 1.80. The van der Waals surface area contributed by atoms with Gasteiger partial charge in [-0.25, -0.2) is 15.0 Å². The lowest BCUT2D eigenvalue weighted by molar-refractivity contribution is 0.102. The van der Waals surface area contributed by atoms with Crippen molar-refractivity contribution in [3.8, 4) is 11.4 Å². The third kappa shape index (κ3) is 2.86. The second-order valence-electron chi connectivity index (χ2n) is 5.51. The Morgan fingerprint density at radius 3 is 2.62 bits per heavy atom. The van der Waals surface area contributed by atoms with E-state index < -0.39 is 0 Å². The third-order valence-corrected chi connectivity index (χ3v) is 3.93. The van der Waals surface area contributed by atoms with E-state index in [-0.39, 0.29) is 11.6 Å². The molecule has 0 saturated heterocycles. The van der Waals surface area contributed by atoms with Crippen LogP contribution in [0.4, 0.5) is 5.95 Å². The van der Waals surface area contributed by atoms with Crippen LogP contribution in [0.2, 0.25) is 0 Å². The van der Waals surface area contributed by atoms with Crippen LogP contribution < -0.4 is 10.1 Å². The summed E-state index contributed by atoms with van der Waals surface area (Å²) >= 11 is 0. The van der Waals surface area contributed by atoms with Crippen LogP contribution in [0.25, 0.3) is 16.7 Å². The van der Waals surface area contributed by atoms with Crippen molar-refractivity contribution in [3.05, 3.63) is 72.8 Å². The van der Waals surface area contributed by atoms with Gasteiger partial charge in [0.1, 0.15) is 17.8 Å². The number of anilines is 1. The summed E-state index contributed by atoms with van der Waals surface area (Å²) in [6.45, 7) is 0. The van der Waals surface area contributed by atoms with E-state index in [2.05, 4.69) is 20.3 Å². The number of para-hydroxylation sites is 2. The first kappa shape index (κ1) is 15.8. The van der Waals surface area contributed by atoms with E-state index in [9.17, 15) is 4.79 Å². The second kappa shape index (κ2) is 6.64. The Morgan fingerprint density at radius 2 is 1.88 bits per heavy atom. The first-order valence-electron chi connectivity index (χ1n) is 7.95. The molecule has 0 spiro atoms. The van der Waals surface area contributed by atoms with Gasteiger partial charge in [-0.3, -0.25) is 14.7 Å². The van der Waals surface area contributed by atoms with Gasteiger partial charge in [0, 0.05) is 11.9 Å². The molecule has 2 heterocycles. The number of imidazole rings is 1. The molecule has 0 aliphatic rings. The zero-order valence-corrected chi connectivity index (χ0v) is 14.0. The Kier molecular flexibility index (Phi) is 4.03. The number of rotatable bonds is 4. The molecule has 0 atom stereocenters. The average Bonchev–Trinajstić information content (AvgIpc) is 3.06. The molecule has 7 nitrogen and oxygen atoms in total. The van der Waals surface area contributed by atoms with Gasteiger partial charge >= 0.3 is 0 Å². The molecule has 1 N–H and O–H groups in total. The topological polar surface area (TPSA) is 81.9 Å². The van der Waals surface area contributed by atoms with Crippen molar-refractivity contribution in [2.24, 2.45) is 0 Å². The first-order chi connectivity index (χ1) is 12.8. The largest absolute Gasteiger partial charge is 0.497 e. The number of carbonyl (C=O) groups is 1. The van der Waals surface area contributed by atoms with Crippen molar-refractivity contribution in [1.29, 1.82) is 0 Å². The number of fused-ring (bicyclic) bond motifs is 1. The number of benzene rings is 2. The molecule has 26 heavy (non-hydrogen) atoms. The monoisotopic (exact) mass is 345 g/mol. The van der Waals surface area contributed by atoms with Gasteiger partial charge in [0.2, 0.25) is 5.95 Å². The number of hydrogen-bond acceptors (Lipinski definition) is 5. The summed E-state index contributed by atoms with van der Waals surface area (Å²) in [6, 6.07) is 16.8. The minimum absolute atomic E-state index is 0.272. The highest BCUT2D eigenvalue weighted by Crippen LogP contribution is 2.26. The fourth-order valence-electron chi connectivity index (χ4n) is 2.69. The van der Waals surface area contributed by atoms with Gasteiger partial charge in [-0.15, -0.1) is 0 Å². The van der Waals surface area contributed by atoms with E-state index in [0.717, 1.165) is 22.5 Å². The second-order valence-corrected chi connectivity index (χ2v) is 5.51. The highest BCUT2D eigenvalue weighted by atomic mass is 16.5. The Morgan fingerprint density at radius 1 is 1.08 bits per heavy atom. The molecule has 128 valence electrons. The number of nitrogens with one attached hydrogen (secondary N) is 1. The number of aromatic nitrogens is 4. The van der Waals surface area contributed by atoms with E-state index in [1.54, 1.807) is 13.2 Å². The molecule has 0 unspecified atom stereocenters. The Hall–Kier alpha value is -3.74. The molecule has 4 rings (SSSR count). The number of nitrogens with zero attached hydrogens (tertiary/aromatic N) is 4. The zero-order chi connectivity index (χ0) is 17.9. The molecule has 0 aliphatic heterocycles. The van der Waals surface area contributed by atoms with Gasteiger partial charge < -0.3 is 4.74 Å². The van der Waals surface area contributed by atoms with Crippen LogP contribution in [0.5, 0.6) is 5.75 Å². The maximum absolute atomic E-state index is 12.5. The fourth-order valence-corrected chi connectivity index (χ4v) is 2.69. The molecular weight excluding hydrogens is 330 g/mol. The van der Waals surface area contributed by atoms with Crippen LogP contribution in [0, 0.1) is 0 Å². The lowest BCUT2D eigenvalue weighted by Gasteiger charge is -2.10. The number of ether oxygens (including phenoxy) is 1. The molecule has 4 aromatic rings. The van der Waals surface area contributed by atoms with Crippen LogP contribution in [-0.2, 0) is 0 Å². The van der Waals surface area contributed by atoms with Crippen LogP contribution in [-0.4, -0.2) is 32.5 Å². The van der Waals surface area contributed by atoms with Gasteiger partial charge in [-0.05, 0) is 42.5 Å². The molecule has 0 fully saturated rings. The summed E-state index contributed by atoms with van der Waals surface area (Å²) < 4.78 is 7.10. The summed E-state index contributed by atoms with van der Waals surface area (Å²) in [4.78, 5) is 24.9. The molecule has 0 saturated carbocycles. The maximum Gasteiger partial charge on any atom is 0.276 e. The van der Waals surface area contributed by atoms with E-state index >= 15 is 0 Å². The predicted molar refractivity (Wildman–Crippen MR) is 97.6 cm³/mol. The number of hydrogen-bond donors (Lipinski definition) is 1. The van der Waals surface area contributed by atoms with E-state index in [0.29, 0.717) is 5.95 Å². The number of methoxy groups -OCH3 is 1. The minimum Gasteiger partial charge on any atom is -0.497 e. The lowest BCUT2D eigenvalue weighted by Crippen LogP contribution is -2.16. The molecule has 7 heteroatoms. The maximum atomic E-state index is 12.5. The fraction of sp³-hybridized carbons (Fsp3) is 0.0526. The summed E-state index contributed by atoms with van der Waals surface area (Å²) in [7, 11) is 1.62. The standard InChI is InChI=1S/C19H15N5O2/c1-26-14-8-6-13(7-9-14)24-17-5-3-2-4-15(17)22-19(24)23-18(25)16-10-11-20-12-21-16/h2-12H,1H3,(H,22,23,25). The SMILES string of the molecule is COc1ccc(-n2c(NC(=O)c3ccncn3)nc3ccccc32)cc1. The van der Waals surface area contributed by atoms with Gasteiger partial charge in [-0.1, -0.05) is 12.1 Å². The summed E-state index contributed by atoms with van der Waals surface area (Å²) in [6.07, 6.45) is 2.86. The summed E-state index contributed by atoms with van der Waals surface area (Å²) in [5.74, 6) is 0.821. The van der Waals surface area contributed by atoms with Crippen molar-refractivity contribution >= 4 is 22.9 Å². The average molecular weight is 345 g/mol. The minimum atomic E-state index is -0.350. The Labute approximate surface area is 149 Å². The van der Waals surface area contributed by atoms with Crippen LogP contribution in [0.15, 0.2) is 67.1 Å². The lowest BCUT2D eigenvalue weighted by atomic mass is 10.2. The van der Waals surface area contributed by atoms with Gasteiger partial charge in [-0.2, -0.15) is 0 Å². The third-order valence-electron chi connectivity index (χ3n) is 3.93. The van der Waals surface area contributed by atoms with E-state index in [1.807, 2.05) is 53.1 Å². The molecule has 2 aromatic heterocycles. The van der Waals surface area contributed by atoms with Crippen molar-refractivity contribution < 1.29 is 9.53 Å². The van der Waals surface area contributed by atoms with Crippen LogP contribution in [0.3, 0.4) is 0 Å². The van der Waals surface area contributed by atoms with Gasteiger partial charge in [0.25, 0.3) is 5.91 Å². The number of amides is 1. The molecule has 1 amide bonds. The quantitative estimate of drug-likeness (QED) is 0.615. The number of carbonyl (C=O) groups excluding carboxylic acids is 1. The predicted octanol–water partition coefficient (Wildman–Crippen LogP) is 3.08. The van der Waals surface area contributed by atoms with Crippen molar-refractivity contribution in [1.82, 2.24) is 19.5 Å². The summed E-state index contributed by atoms with van der Waals surface area (Å²) in [5, 5.41) is 2.83. The van der Waals surface area contributed by atoms with Crippen LogP contribution in [0.1, 0.15) is 10.5 Å². The molecule has 0 bridgehead atoms. The summed E-state index contributed by atoms with van der Waals surface area (Å²) in [5.41, 5.74) is 2.79. The first-order valence-corrected chi connectivity index (χ1v) is 7.95. The van der Waals surface area contributed by atoms with Crippen molar-refractivity contribution in [2.45, 2.75) is 0 Å². The molecule has 0 radical (unpaired) electrons. The molecular formula is C19H15N5O2. The van der Waals surface area contributed by atoms with E-state index in [4.69, 9.17) is 4.74 Å². The Bertz CT molecular complexity index is 1060. The normalized spacial score (nSPS) is 10.7. The highest BCUT2D eigenvalue weighted by Gasteiger charge is 2.16. The molecule has 2 aromatic carbocycles. The van der Waals surface area contributed by atoms with Crippen LogP contribution >= 0.6 is 0 Å². The van der Waals surface area contributed by atoms with Gasteiger partial charge in [0.05, 0.1) is 18.1 Å². The zero-order valence-electron chi connectivity index (χ0n) is 14.0. The van der Waals surface area contributed by atoms with Gasteiger partial charge in [0.15, 0.2) is 0 Å². The van der Waals surface area contributed by atoms with Crippen molar-refractivity contribution in [2.75, 3.05) is 12.4 Å². The highest BCUT2D eigenvalue weighted by molar-refractivity contribution is 6.03. The smallest absolute Gasteiger partial charge is 0.276 e. The molecule has 0 aliphatic carbocycles.